The van der Waals surface area contributed by atoms with Gasteiger partial charge in [0.15, 0.2) is 0 Å². The van der Waals surface area contributed by atoms with Crippen LogP contribution in [0.4, 0.5) is 11.5 Å². The molecule has 0 unspecified atom stereocenters. The molecule has 1 aromatic heterocycles. The number of rotatable bonds is 4. The van der Waals surface area contributed by atoms with E-state index in [0.717, 1.165) is 32.1 Å². The van der Waals surface area contributed by atoms with Gasteiger partial charge in [0.25, 0.3) is 0 Å². The Hall–Kier alpha value is -1.69. The largest absolute Gasteiger partial charge is 0.388 e. The fourth-order valence-electron chi connectivity index (χ4n) is 2.32. The molecule has 0 aromatic carbocycles. The zero-order valence-corrected chi connectivity index (χ0v) is 10.1. The summed E-state index contributed by atoms with van der Waals surface area (Å²) < 4.78 is 0. The van der Waals surface area contributed by atoms with Gasteiger partial charge in [0, 0.05) is 18.8 Å². The molecule has 1 fully saturated rings. The maximum Gasteiger partial charge on any atom is 0.311 e. The van der Waals surface area contributed by atoms with E-state index >= 15 is 0 Å². The molecule has 98 valence electrons. The van der Waals surface area contributed by atoms with Gasteiger partial charge in [0.05, 0.1) is 10.5 Å². The van der Waals surface area contributed by atoms with Crippen LogP contribution in [-0.2, 0) is 0 Å². The molecule has 0 aliphatic heterocycles. The SMILES string of the molecule is O=[N+]([O-])c1cccnc1NCC1(O)CCCCC1. The van der Waals surface area contributed by atoms with Crippen LogP contribution in [0.15, 0.2) is 18.3 Å². The van der Waals surface area contributed by atoms with E-state index < -0.39 is 10.5 Å². The van der Waals surface area contributed by atoms with E-state index in [-0.39, 0.29) is 11.5 Å². The van der Waals surface area contributed by atoms with Crippen LogP contribution < -0.4 is 5.32 Å². The quantitative estimate of drug-likeness (QED) is 0.632. The van der Waals surface area contributed by atoms with Crippen LogP contribution in [0.5, 0.6) is 0 Å². The highest BCUT2D eigenvalue weighted by molar-refractivity contribution is 5.55. The molecule has 0 spiro atoms. The zero-order valence-electron chi connectivity index (χ0n) is 10.1. The molecule has 6 heteroatoms. The summed E-state index contributed by atoms with van der Waals surface area (Å²) >= 11 is 0. The Morgan fingerprint density at radius 3 is 2.83 bits per heavy atom. The van der Waals surface area contributed by atoms with Gasteiger partial charge in [0.1, 0.15) is 0 Å². The molecule has 1 saturated carbocycles. The lowest BCUT2D eigenvalue weighted by Gasteiger charge is -2.32. The van der Waals surface area contributed by atoms with E-state index in [4.69, 9.17) is 0 Å². The summed E-state index contributed by atoms with van der Waals surface area (Å²) in [4.78, 5) is 14.3. The average molecular weight is 251 g/mol. The van der Waals surface area contributed by atoms with Crippen LogP contribution in [-0.4, -0.2) is 27.2 Å². The maximum absolute atomic E-state index is 10.8. The van der Waals surface area contributed by atoms with Crippen molar-refractivity contribution in [3.63, 3.8) is 0 Å². The van der Waals surface area contributed by atoms with Gasteiger partial charge in [0.2, 0.25) is 5.82 Å². The van der Waals surface area contributed by atoms with Crippen molar-refractivity contribution in [1.82, 2.24) is 4.98 Å². The lowest BCUT2D eigenvalue weighted by atomic mass is 9.85. The number of nitro groups is 1. The molecule has 0 saturated heterocycles. The Labute approximate surface area is 105 Å². The molecule has 1 aromatic rings. The predicted octanol–water partition coefficient (Wildman–Crippen LogP) is 2.10. The number of nitrogens with one attached hydrogen (secondary N) is 1. The third kappa shape index (κ3) is 2.95. The second-order valence-electron chi connectivity index (χ2n) is 4.77. The number of nitrogens with zero attached hydrogens (tertiary/aromatic N) is 2. The molecule has 0 amide bonds. The Balaban J connectivity index is 2.03. The van der Waals surface area contributed by atoms with Gasteiger partial charge >= 0.3 is 5.69 Å². The van der Waals surface area contributed by atoms with Crippen LogP contribution in [0.2, 0.25) is 0 Å². The number of aromatic nitrogens is 1. The summed E-state index contributed by atoms with van der Waals surface area (Å²) in [6, 6.07) is 2.93. The second-order valence-corrected chi connectivity index (χ2v) is 4.77. The first-order valence-corrected chi connectivity index (χ1v) is 6.16. The lowest BCUT2D eigenvalue weighted by Crippen LogP contribution is -2.39. The van der Waals surface area contributed by atoms with Crippen LogP contribution >= 0.6 is 0 Å². The molecule has 1 aliphatic rings. The monoisotopic (exact) mass is 251 g/mol. The van der Waals surface area contributed by atoms with Gasteiger partial charge in [-0.05, 0) is 18.9 Å². The van der Waals surface area contributed by atoms with Crippen molar-refractivity contribution in [3.8, 4) is 0 Å². The normalized spacial score (nSPS) is 18.3. The van der Waals surface area contributed by atoms with Crippen molar-refractivity contribution in [2.24, 2.45) is 0 Å². The highest BCUT2D eigenvalue weighted by Gasteiger charge is 2.29. The minimum absolute atomic E-state index is 0.0584. The highest BCUT2D eigenvalue weighted by Crippen LogP contribution is 2.29. The number of aliphatic hydroxyl groups is 1. The van der Waals surface area contributed by atoms with Gasteiger partial charge in [-0.25, -0.2) is 4.98 Å². The third-order valence-corrected chi connectivity index (χ3v) is 3.35. The average Bonchev–Trinajstić information content (AvgIpc) is 2.38. The molecule has 6 nitrogen and oxygen atoms in total. The predicted molar refractivity (Wildman–Crippen MR) is 67.4 cm³/mol. The van der Waals surface area contributed by atoms with E-state index in [1.54, 1.807) is 0 Å². The zero-order chi connectivity index (χ0) is 13.0. The molecule has 0 atom stereocenters. The fourth-order valence-corrected chi connectivity index (χ4v) is 2.32. The first kappa shape index (κ1) is 12.8. The Kier molecular flexibility index (Phi) is 3.76. The molecule has 1 heterocycles. The van der Waals surface area contributed by atoms with Crippen LogP contribution in [0, 0.1) is 10.1 Å². The highest BCUT2D eigenvalue weighted by atomic mass is 16.6. The van der Waals surface area contributed by atoms with E-state index in [9.17, 15) is 15.2 Å². The van der Waals surface area contributed by atoms with Gasteiger partial charge in [-0.2, -0.15) is 0 Å². The van der Waals surface area contributed by atoms with Crippen LogP contribution in [0.3, 0.4) is 0 Å². The molecule has 2 N–H and O–H groups in total. The lowest BCUT2D eigenvalue weighted by molar-refractivity contribution is -0.384. The number of hydrogen-bond acceptors (Lipinski definition) is 5. The minimum Gasteiger partial charge on any atom is -0.388 e. The Bertz CT molecular complexity index is 430. The molecule has 1 aliphatic carbocycles. The minimum atomic E-state index is -0.760. The van der Waals surface area contributed by atoms with Crippen LogP contribution in [0.25, 0.3) is 0 Å². The van der Waals surface area contributed by atoms with E-state index in [2.05, 4.69) is 10.3 Å². The summed E-state index contributed by atoms with van der Waals surface area (Å²) in [5.41, 5.74) is -0.819. The van der Waals surface area contributed by atoms with Crippen molar-refractivity contribution >= 4 is 11.5 Å². The van der Waals surface area contributed by atoms with Crippen molar-refractivity contribution in [2.45, 2.75) is 37.7 Å². The van der Waals surface area contributed by atoms with Crippen molar-refractivity contribution in [3.05, 3.63) is 28.4 Å². The summed E-state index contributed by atoms with van der Waals surface area (Å²) in [5, 5.41) is 24.0. The van der Waals surface area contributed by atoms with Gasteiger partial charge in [-0.3, -0.25) is 10.1 Å². The number of pyridine rings is 1. The number of anilines is 1. The van der Waals surface area contributed by atoms with E-state index in [1.165, 1.54) is 18.3 Å². The summed E-state index contributed by atoms with van der Waals surface area (Å²) in [6.07, 6.45) is 6.12. The first-order chi connectivity index (χ1) is 8.61. The van der Waals surface area contributed by atoms with Gasteiger partial charge in [-0.1, -0.05) is 19.3 Å². The maximum atomic E-state index is 10.8. The van der Waals surface area contributed by atoms with Crippen LogP contribution in [0.1, 0.15) is 32.1 Å². The molecule has 0 bridgehead atoms. The first-order valence-electron chi connectivity index (χ1n) is 6.16. The Morgan fingerprint density at radius 2 is 2.17 bits per heavy atom. The molecule has 2 rings (SSSR count). The van der Waals surface area contributed by atoms with Crippen molar-refractivity contribution in [1.29, 1.82) is 0 Å². The molecular formula is C12H17N3O3. The molecule has 0 radical (unpaired) electrons. The summed E-state index contributed by atoms with van der Waals surface area (Å²) in [6.45, 7) is 0.310. The molecule has 18 heavy (non-hydrogen) atoms. The fraction of sp³-hybridized carbons (Fsp3) is 0.583. The second kappa shape index (κ2) is 5.30. The van der Waals surface area contributed by atoms with Crippen molar-refractivity contribution in [2.75, 3.05) is 11.9 Å². The van der Waals surface area contributed by atoms with E-state index in [0.29, 0.717) is 6.54 Å². The third-order valence-electron chi connectivity index (χ3n) is 3.35. The Morgan fingerprint density at radius 1 is 1.44 bits per heavy atom. The van der Waals surface area contributed by atoms with Crippen molar-refractivity contribution < 1.29 is 10.0 Å². The smallest absolute Gasteiger partial charge is 0.311 e. The van der Waals surface area contributed by atoms with Gasteiger partial charge in [-0.15, -0.1) is 0 Å². The topological polar surface area (TPSA) is 88.3 Å². The van der Waals surface area contributed by atoms with E-state index in [1.807, 2.05) is 0 Å². The summed E-state index contributed by atoms with van der Waals surface area (Å²) in [7, 11) is 0. The molecular weight excluding hydrogens is 234 g/mol. The summed E-state index contributed by atoms with van der Waals surface area (Å²) in [5.74, 6) is 0.224. The van der Waals surface area contributed by atoms with Gasteiger partial charge < -0.3 is 10.4 Å². The standard InChI is InChI=1S/C12H17N3O3/c16-12(6-2-1-3-7-12)9-14-11-10(15(17)18)5-4-8-13-11/h4-5,8,16H,1-3,6-7,9H2,(H,13,14). The number of hydrogen-bond donors (Lipinski definition) is 2.